The number of carbonyl (C=O) groups excluding carboxylic acids is 1. The average molecular weight is 734 g/mol. The van der Waals surface area contributed by atoms with Crippen LogP contribution >= 0.6 is 0 Å². The smallest absolute Gasteiger partial charge is 0.339 e. The average Bonchev–Trinajstić information content (AvgIpc) is 3.52. The third-order valence-electron chi connectivity index (χ3n) is 9.25. The monoisotopic (exact) mass is 733 g/mol. The quantitative estimate of drug-likeness (QED) is 0.184. The molecule has 0 spiro atoms. The first kappa shape index (κ1) is 36.4. The Bertz CT molecular complexity index is 2140. The van der Waals surface area contributed by atoms with Gasteiger partial charge in [0.1, 0.15) is 21.1 Å². The summed E-state index contributed by atoms with van der Waals surface area (Å²) in [5.74, 6) is -1.20. The Morgan fingerprint density at radius 2 is 1.25 bits per heavy atom. The molecule has 1 saturated heterocycles. The van der Waals surface area contributed by atoms with Gasteiger partial charge in [0, 0.05) is 57.4 Å². The fraction of sp³-hybridized carbons (Fsp3) is 0.342. The van der Waals surface area contributed by atoms with E-state index in [2.05, 4.69) is 29.0 Å². The molecule has 270 valence electrons. The maximum Gasteiger partial charge on any atom is 0.339 e. The molecule has 51 heavy (non-hydrogen) atoms. The first-order valence-electron chi connectivity index (χ1n) is 16.9. The number of benzene rings is 4. The van der Waals surface area contributed by atoms with E-state index in [1.807, 2.05) is 19.9 Å². The summed E-state index contributed by atoms with van der Waals surface area (Å²) in [6.45, 7) is 12.4. The second kappa shape index (κ2) is 14.7. The van der Waals surface area contributed by atoms with E-state index < -0.39 is 31.9 Å². The van der Waals surface area contributed by atoms with E-state index in [4.69, 9.17) is 13.1 Å². The lowest BCUT2D eigenvalue weighted by molar-refractivity contribution is 0.0745. The Morgan fingerprint density at radius 1 is 0.706 bits per heavy atom. The van der Waals surface area contributed by atoms with Crippen LogP contribution in [0.2, 0.25) is 0 Å². The number of carbonyl (C=O) groups is 1. The van der Waals surface area contributed by atoms with E-state index in [-0.39, 0.29) is 45.6 Å². The molecular formula is C38H43N3O8S2. The SMILES string of the molecule is CCOc1c(C)c(OS(=O)(=O)c2ccc(C)cc2)cc(OS(=O)(=O)c2ccc(C)cc2)c1C(=O)N1Cc2ccc(CN3CCN(C)CC3)cc2C1. The minimum absolute atomic E-state index is 0.0278. The number of piperazine rings is 1. The molecule has 0 aliphatic carbocycles. The zero-order valence-electron chi connectivity index (χ0n) is 29.5. The Morgan fingerprint density at radius 3 is 1.82 bits per heavy atom. The van der Waals surface area contributed by atoms with Crippen LogP contribution in [0, 0.1) is 20.8 Å². The summed E-state index contributed by atoms with van der Waals surface area (Å²) in [4.78, 5) is 20.6. The Hall–Kier alpha value is -4.43. The molecule has 2 aliphatic rings. The largest absolute Gasteiger partial charge is 0.492 e. The number of ether oxygens (including phenoxy) is 1. The summed E-state index contributed by atoms with van der Waals surface area (Å²) < 4.78 is 71.4. The van der Waals surface area contributed by atoms with Crippen molar-refractivity contribution < 1.29 is 34.7 Å². The zero-order chi connectivity index (χ0) is 36.5. The van der Waals surface area contributed by atoms with Crippen molar-refractivity contribution >= 4 is 26.1 Å². The minimum Gasteiger partial charge on any atom is -0.492 e. The Balaban J connectivity index is 1.37. The zero-order valence-corrected chi connectivity index (χ0v) is 31.1. The van der Waals surface area contributed by atoms with Crippen LogP contribution < -0.4 is 13.1 Å². The number of fused-ring (bicyclic) bond motifs is 1. The molecule has 4 aromatic rings. The highest BCUT2D eigenvalue weighted by Gasteiger charge is 2.34. The van der Waals surface area contributed by atoms with Crippen molar-refractivity contribution in [2.75, 3.05) is 39.8 Å². The van der Waals surface area contributed by atoms with Crippen molar-refractivity contribution in [1.29, 1.82) is 0 Å². The third-order valence-corrected chi connectivity index (χ3v) is 11.7. The minimum atomic E-state index is -4.49. The molecule has 0 aromatic heterocycles. The third kappa shape index (κ3) is 8.06. The Kier molecular flexibility index (Phi) is 10.5. The van der Waals surface area contributed by atoms with Crippen molar-refractivity contribution in [3.05, 3.63) is 112 Å². The normalized spacial score (nSPS) is 15.4. The van der Waals surface area contributed by atoms with Gasteiger partial charge in [-0.15, -0.1) is 0 Å². The van der Waals surface area contributed by atoms with Gasteiger partial charge in [0.2, 0.25) is 0 Å². The lowest BCUT2D eigenvalue weighted by atomic mass is 10.1. The van der Waals surface area contributed by atoms with E-state index in [0.717, 1.165) is 66.6 Å². The van der Waals surface area contributed by atoms with Gasteiger partial charge < -0.3 is 22.9 Å². The van der Waals surface area contributed by atoms with Gasteiger partial charge in [0.25, 0.3) is 5.91 Å². The second-order valence-electron chi connectivity index (χ2n) is 13.2. The molecule has 1 fully saturated rings. The molecule has 0 bridgehead atoms. The van der Waals surface area contributed by atoms with Crippen LogP contribution in [0.1, 0.15) is 50.7 Å². The van der Waals surface area contributed by atoms with Crippen molar-refractivity contribution in [2.24, 2.45) is 0 Å². The molecule has 2 heterocycles. The molecular weight excluding hydrogens is 691 g/mol. The van der Waals surface area contributed by atoms with Crippen LogP contribution in [0.3, 0.4) is 0 Å². The van der Waals surface area contributed by atoms with E-state index in [1.54, 1.807) is 43.0 Å². The van der Waals surface area contributed by atoms with Crippen molar-refractivity contribution in [3.8, 4) is 17.2 Å². The van der Waals surface area contributed by atoms with Gasteiger partial charge in [-0.05, 0) is 75.7 Å². The maximum absolute atomic E-state index is 14.5. The van der Waals surface area contributed by atoms with Gasteiger partial charge in [-0.1, -0.05) is 53.6 Å². The van der Waals surface area contributed by atoms with E-state index in [9.17, 15) is 21.6 Å². The van der Waals surface area contributed by atoms with Crippen LogP contribution in [0.15, 0.2) is 82.6 Å². The van der Waals surface area contributed by atoms with Gasteiger partial charge in [0.15, 0.2) is 11.5 Å². The summed E-state index contributed by atoms with van der Waals surface area (Å²) in [5.41, 5.74) is 4.90. The van der Waals surface area contributed by atoms with Crippen molar-refractivity contribution in [2.45, 2.75) is 57.1 Å². The molecule has 4 aromatic carbocycles. The highest BCUT2D eigenvalue weighted by atomic mass is 32.2. The molecule has 0 radical (unpaired) electrons. The molecule has 13 heteroatoms. The highest BCUT2D eigenvalue weighted by Crippen LogP contribution is 2.43. The van der Waals surface area contributed by atoms with Gasteiger partial charge in [-0.2, -0.15) is 16.8 Å². The van der Waals surface area contributed by atoms with Crippen molar-refractivity contribution in [1.82, 2.24) is 14.7 Å². The topological polar surface area (TPSA) is 123 Å². The fourth-order valence-electron chi connectivity index (χ4n) is 6.24. The lowest BCUT2D eigenvalue weighted by Gasteiger charge is -2.32. The second-order valence-corrected chi connectivity index (χ2v) is 16.3. The van der Waals surface area contributed by atoms with Crippen LogP contribution in [0.4, 0.5) is 0 Å². The number of aryl methyl sites for hydroxylation is 2. The molecule has 1 amide bonds. The molecule has 0 unspecified atom stereocenters. The number of hydrogen-bond acceptors (Lipinski definition) is 10. The Labute approximate surface area is 300 Å². The van der Waals surface area contributed by atoms with E-state index >= 15 is 0 Å². The number of nitrogens with zero attached hydrogens (tertiary/aromatic N) is 3. The van der Waals surface area contributed by atoms with Crippen LogP contribution in [0.25, 0.3) is 0 Å². The molecule has 11 nitrogen and oxygen atoms in total. The summed E-state index contributed by atoms with van der Waals surface area (Å²) in [7, 11) is -6.73. The standard InChI is InChI=1S/C38H43N3O8S2/c1-6-47-37-28(4)34(48-50(43,44)32-13-7-26(2)8-14-32)22-35(49-51(45,46)33-15-9-27(3)10-16-33)36(37)38(42)41-24-30-12-11-29(21-31(30)25-41)23-40-19-17-39(5)18-20-40/h7-16,21-22H,6,17-20,23-25H2,1-5H3. The molecule has 0 atom stereocenters. The van der Waals surface area contributed by atoms with Gasteiger partial charge in [-0.25, -0.2) is 0 Å². The van der Waals surface area contributed by atoms with Crippen molar-refractivity contribution in [3.63, 3.8) is 0 Å². The predicted molar refractivity (Wildman–Crippen MR) is 193 cm³/mol. The summed E-state index contributed by atoms with van der Waals surface area (Å²) in [6, 6.07) is 19.6. The van der Waals surface area contributed by atoms with Gasteiger partial charge in [-0.3, -0.25) is 9.69 Å². The number of amides is 1. The number of rotatable bonds is 11. The van der Waals surface area contributed by atoms with Crippen LogP contribution in [0.5, 0.6) is 17.2 Å². The lowest BCUT2D eigenvalue weighted by Crippen LogP contribution is -2.43. The van der Waals surface area contributed by atoms with Crippen LogP contribution in [-0.4, -0.2) is 77.3 Å². The van der Waals surface area contributed by atoms with E-state index in [0.29, 0.717) is 6.54 Å². The molecule has 2 aliphatic heterocycles. The van der Waals surface area contributed by atoms with Gasteiger partial charge >= 0.3 is 20.2 Å². The first-order valence-corrected chi connectivity index (χ1v) is 19.7. The maximum atomic E-state index is 14.5. The van der Waals surface area contributed by atoms with E-state index in [1.165, 1.54) is 24.3 Å². The summed E-state index contributed by atoms with van der Waals surface area (Å²) in [6.07, 6.45) is 0. The molecule has 6 rings (SSSR count). The molecule has 0 N–H and O–H groups in total. The van der Waals surface area contributed by atoms with Crippen LogP contribution in [-0.2, 0) is 39.9 Å². The fourth-order valence-corrected chi connectivity index (χ4v) is 8.15. The highest BCUT2D eigenvalue weighted by molar-refractivity contribution is 7.87. The van der Waals surface area contributed by atoms with Gasteiger partial charge in [0.05, 0.1) is 6.61 Å². The summed E-state index contributed by atoms with van der Waals surface area (Å²) in [5, 5.41) is 0. The number of hydrogen-bond donors (Lipinski definition) is 0. The predicted octanol–water partition coefficient (Wildman–Crippen LogP) is 5.45. The number of likely N-dealkylation sites (N-methyl/N-ethyl adjacent to an activating group) is 1. The molecule has 0 saturated carbocycles. The first-order chi connectivity index (χ1) is 24.2. The summed E-state index contributed by atoms with van der Waals surface area (Å²) >= 11 is 0.